The fraction of sp³-hybridized carbons (Fsp3) is 0.222. The number of rotatable bonds is 7. The Morgan fingerprint density at radius 1 is 1.13 bits per heavy atom. The van der Waals surface area contributed by atoms with Gasteiger partial charge in [-0.15, -0.1) is 0 Å². The minimum absolute atomic E-state index is 0.0933. The number of carbonyl (C=O) groups excluding carboxylic acids is 1. The van der Waals surface area contributed by atoms with Gasteiger partial charge in [0, 0.05) is 6.54 Å². The molecule has 23 heavy (non-hydrogen) atoms. The molecule has 2 aromatic rings. The van der Waals surface area contributed by atoms with Crippen molar-refractivity contribution < 1.29 is 14.3 Å². The number of benzene rings is 2. The van der Waals surface area contributed by atoms with Gasteiger partial charge in [0.2, 0.25) is 5.91 Å². The molecule has 0 atom stereocenters. The Kier molecular flexibility index (Phi) is 6.01. The first-order valence-corrected chi connectivity index (χ1v) is 7.24. The van der Waals surface area contributed by atoms with E-state index in [0.29, 0.717) is 23.6 Å². The first-order valence-electron chi connectivity index (χ1n) is 7.24. The number of carbonyl (C=O) groups is 1. The Morgan fingerprint density at radius 2 is 1.83 bits per heavy atom. The molecule has 0 saturated carbocycles. The summed E-state index contributed by atoms with van der Waals surface area (Å²) in [5.41, 5.74) is 1.55. The van der Waals surface area contributed by atoms with Crippen molar-refractivity contribution in [2.45, 2.75) is 13.0 Å². The van der Waals surface area contributed by atoms with Crippen molar-refractivity contribution in [3.8, 4) is 17.6 Å². The van der Waals surface area contributed by atoms with E-state index in [1.165, 1.54) is 0 Å². The molecule has 0 heterocycles. The van der Waals surface area contributed by atoms with E-state index in [2.05, 4.69) is 11.4 Å². The fourth-order valence-corrected chi connectivity index (χ4v) is 1.98. The van der Waals surface area contributed by atoms with Gasteiger partial charge in [0.25, 0.3) is 0 Å². The van der Waals surface area contributed by atoms with E-state index < -0.39 is 0 Å². The molecular weight excluding hydrogens is 292 g/mol. The number of nitrogens with zero attached hydrogens (tertiary/aromatic N) is 1. The number of para-hydroxylation sites is 2. The summed E-state index contributed by atoms with van der Waals surface area (Å²) in [5, 5.41) is 11.6. The molecule has 5 nitrogen and oxygen atoms in total. The van der Waals surface area contributed by atoms with Gasteiger partial charge < -0.3 is 14.8 Å². The van der Waals surface area contributed by atoms with E-state index in [4.69, 9.17) is 14.7 Å². The standard InChI is InChI=1S/C18H18N2O3/c1-22-16-4-2-3-5-17(16)23-11-10-18(21)20-13-15-8-6-14(12-19)7-9-15/h2-9H,10-11,13H2,1H3,(H,20,21). The van der Waals surface area contributed by atoms with Crippen LogP contribution in [0, 0.1) is 11.3 Å². The monoisotopic (exact) mass is 310 g/mol. The van der Waals surface area contributed by atoms with E-state index >= 15 is 0 Å². The highest BCUT2D eigenvalue weighted by molar-refractivity contribution is 5.76. The van der Waals surface area contributed by atoms with E-state index in [9.17, 15) is 4.79 Å². The quantitative estimate of drug-likeness (QED) is 0.853. The molecule has 0 spiro atoms. The summed E-state index contributed by atoms with van der Waals surface area (Å²) in [6, 6.07) is 16.5. The second-order valence-corrected chi connectivity index (χ2v) is 4.83. The largest absolute Gasteiger partial charge is 0.493 e. The van der Waals surface area contributed by atoms with Crippen LogP contribution in [0.3, 0.4) is 0 Å². The molecular formula is C18H18N2O3. The molecule has 118 valence electrons. The molecule has 0 unspecified atom stereocenters. The lowest BCUT2D eigenvalue weighted by atomic mass is 10.1. The minimum atomic E-state index is -0.0933. The van der Waals surface area contributed by atoms with Gasteiger partial charge in [0.15, 0.2) is 11.5 Å². The highest BCUT2D eigenvalue weighted by atomic mass is 16.5. The second-order valence-electron chi connectivity index (χ2n) is 4.83. The third-order valence-corrected chi connectivity index (χ3v) is 3.23. The van der Waals surface area contributed by atoms with Crippen LogP contribution in [0.5, 0.6) is 11.5 Å². The Balaban J connectivity index is 1.73. The summed E-state index contributed by atoms with van der Waals surface area (Å²) < 4.78 is 10.7. The summed E-state index contributed by atoms with van der Waals surface area (Å²) in [6.07, 6.45) is 0.258. The number of ether oxygens (including phenoxy) is 2. The van der Waals surface area contributed by atoms with Gasteiger partial charge in [-0.05, 0) is 29.8 Å². The Morgan fingerprint density at radius 3 is 2.48 bits per heavy atom. The average Bonchev–Trinajstić information content (AvgIpc) is 2.61. The van der Waals surface area contributed by atoms with Crippen molar-refractivity contribution >= 4 is 5.91 Å². The highest BCUT2D eigenvalue weighted by Crippen LogP contribution is 2.25. The normalized spacial score (nSPS) is 9.74. The van der Waals surface area contributed by atoms with Crippen LogP contribution >= 0.6 is 0 Å². The molecule has 0 aliphatic carbocycles. The summed E-state index contributed by atoms with van der Waals surface area (Å²) >= 11 is 0. The number of nitrogens with one attached hydrogen (secondary N) is 1. The van der Waals surface area contributed by atoms with Crippen LogP contribution in [0.1, 0.15) is 17.5 Å². The fourth-order valence-electron chi connectivity index (χ4n) is 1.98. The zero-order chi connectivity index (χ0) is 16.5. The van der Waals surface area contributed by atoms with Gasteiger partial charge >= 0.3 is 0 Å². The lowest BCUT2D eigenvalue weighted by Gasteiger charge is -2.10. The number of hydrogen-bond donors (Lipinski definition) is 1. The second kappa shape index (κ2) is 8.44. The van der Waals surface area contributed by atoms with E-state index in [-0.39, 0.29) is 18.9 Å². The summed E-state index contributed by atoms with van der Waals surface area (Å²) in [7, 11) is 1.58. The molecule has 2 rings (SSSR count). The van der Waals surface area contributed by atoms with Crippen LogP contribution < -0.4 is 14.8 Å². The Bertz CT molecular complexity index is 690. The maximum absolute atomic E-state index is 11.8. The number of nitriles is 1. The molecule has 0 aliphatic rings. The predicted octanol–water partition coefficient (Wildman–Crippen LogP) is 2.65. The number of methoxy groups -OCH3 is 1. The lowest BCUT2D eigenvalue weighted by molar-refractivity contribution is -0.121. The van der Waals surface area contributed by atoms with Crippen molar-refractivity contribution in [1.82, 2.24) is 5.32 Å². The van der Waals surface area contributed by atoms with Crippen LogP contribution in [0.2, 0.25) is 0 Å². The first kappa shape index (κ1) is 16.4. The van der Waals surface area contributed by atoms with Crippen molar-refractivity contribution in [2.24, 2.45) is 0 Å². The summed E-state index contributed by atoms with van der Waals surface area (Å²) in [6.45, 7) is 0.707. The molecule has 5 heteroatoms. The zero-order valence-electron chi connectivity index (χ0n) is 12.9. The minimum Gasteiger partial charge on any atom is -0.493 e. The summed E-state index contributed by atoms with van der Waals surface area (Å²) in [4.78, 5) is 11.8. The predicted molar refractivity (Wildman–Crippen MR) is 86.1 cm³/mol. The van der Waals surface area contributed by atoms with Gasteiger partial charge in [-0.25, -0.2) is 0 Å². The van der Waals surface area contributed by atoms with Gasteiger partial charge in [-0.3, -0.25) is 4.79 Å². The molecule has 0 fully saturated rings. The van der Waals surface area contributed by atoms with E-state index in [0.717, 1.165) is 5.56 Å². The molecule has 2 aromatic carbocycles. The maximum atomic E-state index is 11.8. The van der Waals surface area contributed by atoms with Crippen LogP contribution in [0.4, 0.5) is 0 Å². The lowest BCUT2D eigenvalue weighted by Crippen LogP contribution is -2.24. The molecule has 0 radical (unpaired) electrons. The van der Waals surface area contributed by atoms with E-state index in [1.54, 1.807) is 31.4 Å². The molecule has 1 N–H and O–H groups in total. The van der Waals surface area contributed by atoms with Gasteiger partial charge in [-0.1, -0.05) is 24.3 Å². The summed E-state index contributed by atoms with van der Waals surface area (Å²) in [5.74, 6) is 1.17. The van der Waals surface area contributed by atoms with Crippen molar-refractivity contribution in [3.05, 3.63) is 59.7 Å². The third-order valence-electron chi connectivity index (χ3n) is 3.23. The molecule has 1 amide bonds. The van der Waals surface area contributed by atoms with Gasteiger partial charge in [-0.2, -0.15) is 5.26 Å². The molecule has 0 bridgehead atoms. The molecule has 0 aromatic heterocycles. The zero-order valence-corrected chi connectivity index (χ0v) is 12.9. The van der Waals surface area contributed by atoms with Gasteiger partial charge in [0.1, 0.15) is 0 Å². The topological polar surface area (TPSA) is 71.3 Å². The van der Waals surface area contributed by atoms with E-state index in [1.807, 2.05) is 24.3 Å². The highest BCUT2D eigenvalue weighted by Gasteiger charge is 2.05. The maximum Gasteiger partial charge on any atom is 0.223 e. The third kappa shape index (κ3) is 5.04. The van der Waals surface area contributed by atoms with Crippen molar-refractivity contribution in [3.63, 3.8) is 0 Å². The van der Waals surface area contributed by atoms with Crippen LogP contribution in [-0.2, 0) is 11.3 Å². The average molecular weight is 310 g/mol. The Hall–Kier alpha value is -3.00. The van der Waals surface area contributed by atoms with Crippen LogP contribution in [-0.4, -0.2) is 19.6 Å². The van der Waals surface area contributed by atoms with Gasteiger partial charge in [0.05, 0.1) is 31.8 Å². The van der Waals surface area contributed by atoms with Crippen molar-refractivity contribution in [1.29, 1.82) is 5.26 Å². The Labute approximate surface area is 135 Å². The van der Waals surface area contributed by atoms with Crippen LogP contribution in [0.15, 0.2) is 48.5 Å². The molecule has 0 aliphatic heterocycles. The van der Waals surface area contributed by atoms with Crippen molar-refractivity contribution in [2.75, 3.05) is 13.7 Å². The molecule has 0 saturated heterocycles. The number of amides is 1. The SMILES string of the molecule is COc1ccccc1OCCC(=O)NCc1ccc(C#N)cc1. The smallest absolute Gasteiger partial charge is 0.223 e. The number of hydrogen-bond acceptors (Lipinski definition) is 4. The first-order chi connectivity index (χ1) is 11.2. The van der Waals surface area contributed by atoms with Crippen LogP contribution in [0.25, 0.3) is 0 Å².